The van der Waals surface area contributed by atoms with Gasteiger partial charge in [0.15, 0.2) is 5.82 Å². The van der Waals surface area contributed by atoms with Crippen molar-refractivity contribution in [2.24, 2.45) is 0 Å². The van der Waals surface area contributed by atoms with Crippen LogP contribution in [0.2, 0.25) is 0 Å². The van der Waals surface area contributed by atoms with Gasteiger partial charge in [0.25, 0.3) is 5.91 Å². The van der Waals surface area contributed by atoms with E-state index in [9.17, 15) is 27.2 Å². The minimum absolute atomic E-state index is 0.0364. The highest BCUT2D eigenvalue weighted by molar-refractivity contribution is 9.10. The number of fused-ring (bicyclic) bond motifs is 2. The number of benzene rings is 2. The number of nitrogens with zero attached hydrogens (tertiary/aromatic N) is 4. The Morgan fingerprint density at radius 1 is 1.09 bits per heavy atom. The highest BCUT2D eigenvalue weighted by Gasteiger charge is 2.40. The molecule has 0 aliphatic carbocycles. The van der Waals surface area contributed by atoms with Crippen molar-refractivity contribution in [2.75, 3.05) is 6.54 Å². The Bertz CT molecular complexity index is 1380. The van der Waals surface area contributed by atoms with Gasteiger partial charge in [-0.15, -0.1) is 10.2 Å². The molecule has 0 saturated carbocycles. The lowest BCUT2D eigenvalue weighted by Crippen LogP contribution is -2.39. The molecule has 5 rings (SSSR count). The summed E-state index contributed by atoms with van der Waals surface area (Å²) in [5.41, 5.74) is 1.06. The number of ether oxygens (including phenoxy) is 1. The smallest absolute Gasteiger partial charge is 0.422 e. The number of rotatable bonds is 2. The fourth-order valence-corrected chi connectivity index (χ4v) is 4.24. The molecule has 2 aromatic carbocycles. The lowest BCUT2D eigenvalue weighted by molar-refractivity contribution is -0.147. The number of halogens is 5. The Balaban J connectivity index is 1.43. The van der Waals surface area contributed by atoms with Crippen molar-refractivity contribution in [1.82, 2.24) is 19.7 Å². The number of alkyl halides is 3. The van der Waals surface area contributed by atoms with E-state index in [0.717, 1.165) is 15.1 Å². The minimum Gasteiger partial charge on any atom is -0.422 e. The zero-order valence-electron chi connectivity index (χ0n) is 17.1. The summed E-state index contributed by atoms with van der Waals surface area (Å²) in [6, 6.07) is 8.85. The Labute approximate surface area is 197 Å². The molecule has 2 aliphatic heterocycles. The highest BCUT2D eigenvalue weighted by atomic mass is 79.9. The topological polar surface area (TPSA) is 77.3 Å². The van der Waals surface area contributed by atoms with Gasteiger partial charge in [0.1, 0.15) is 11.6 Å². The molecule has 0 N–H and O–H groups in total. The first-order valence-electron chi connectivity index (χ1n) is 9.94. The van der Waals surface area contributed by atoms with E-state index in [1.807, 2.05) is 0 Å². The molecule has 34 heavy (non-hydrogen) atoms. The van der Waals surface area contributed by atoms with Crippen LogP contribution < -0.4 is 0 Å². The summed E-state index contributed by atoms with van der Waals surface area (Å²) in [6.07, 6.45) is -3.15. The standard InChI is InChI=1S/C22H13BrF4N4O3/c23-12-2-3-13-14(9-12)17(34-20(13)33)8-11-1-4-16(24)15(7-11)19(32)30-5-6-31-18(10-30)28-29-21(31)22(25,26)27/h1-4,7-9H,5-6,10H2/b17-8-. The van der Waals surface area contributed by atoms with Gasteiger partial charge in [0.05, 0.1) is 17.7 Å². The summed E-state index contributed by atoms with van der Waals surface area (Å²) < 4.78 is 60.6. The third kappa shape index (κ3) is 3.87. The number of carbonyl (C=O) groups is 2. The Kier molecular flexibility index (Phi) is 5.27. The number of aromatic nitrogens is 3. The lowest BCUT2D eigenvalue weighted by atomic mass is 10.0. The van der Waals surface area contributed by atoms with E-state index < -0.39 is 29.7 Å². The van der Waals surface area contributed by atoms with Gasteiger partial charge in [-0.3, -0.25) is 4.79 Å². The largest absolute Gasteiger partial charge is 0.451 e. The number of hydrogen-bond acceptors (Lipinski definition) is 5. The van der Waals surface area contributed by atoms with Crippen molar-refractivity contribution in [3.63, 3.8) is 0 Å². The first kappa shape index (κ1) is 22.3. The van der Waals surface area contributed by atoms with Gasteiger partial charge >= 0.3 is 12.1 Å². The van der Waals surface area contributed by atoms with Crippen LogP contribution in [-0.4, -0.2) is 38.1 Å². The van der Waals surface area contributed by atoms with Crippen molar-refractivity contribution in [3.05, 3.63) is 80.6 Å². The maximum atomic E-state index is 14.6. The van der Waals surface area contributed by atoms with Gasteiger partial charge in [0.2, 0.25) is 5.82 Å². The molecule has 2 aliphatic rings. The molecule has 0 saturated heterocycles. The predicted molar refractivity (Wildman–Crippen MR) is 114 cm³/mol. The van der Waals surface area contributed by atoms with Crippen LogP contribution >= 0.6 is 15.9 Å². The summed E-state index contributed by atoms with van der Waals surface area (Å²) in [7, 11) is 0. The zero-order chi connectivity index (χ0) is 24.2. The molecule has 174 valence electrons. The van der Waals surface area contributed by atoms with Crippen LogP contribution in [0.25, 0.3) is 11.8 Å². The molecule has 1 aromatic heterocycles. The van der Waals surface area contributed by atoms with Gasteiger partial charge in [-0.1, -0.05) is 22.0 Å². The van der Waals surface area contributed by atoms with Crippen LogP contribution in [0.5, 0.6) is 0 Å². The maximum Gasteiger partial charge on any atom is 0.451 e. The average Bonchev–Trinajstić information content (AvgIpc) is 3.35. The van der Waals surface area contributed by atoms with Gasteiger partial charge in [-0.2, -0.15) is 13.2 Å². The third-order valence-electron chi connectivity index (χ3n) is 5.48. The van der Waals surface area contributed by atoms with E-state index in [-0.39, 0.29) is 36.8 Å². The van der Waals surface area contributed by atoms with Crippen molar-refractivity contribution in [3.8, 4) is 0 Å². The van der Waals surface area contributed by atoms with E-state index in [2.05, 4.69) is 26.1 Å². The van der Waals surface area contributed by atoms with Gasteiger partial charge in [-0.25, -0.2) is 9.18 Å². The van der Waals surface area contributed by atoms with E-state index in [1.54, 1.807) is 18.2 Å². The number of carbonyl (C=O) groups excluding carboxylic acids is 2. The second kappa shape index (κ2) is 8.05. The van der Waals surface area contributed by atoms with Crippen molar-refractivity contribution < 1.29 is 31.9 Å². The average molecular weight is 537 g/mol. The van der Waals surface area contributed by atoms with Crippen LogP contribution in [0.3, 0.4) is 0 Å². The summed E-state index contributed by atoms with van der Waals surface area (Å²) in [5, 5.41) is 6.72. The molecule has 0 spiro atoms. The Morgan fingerprint density at radius 3 is 2.65 bits per heavy atom. The summed E-state index contributed by atoms with van der Waals surface area (Å²) in [4.78, 5) is 26.3. The fourth-order valence-electron chi connectivity index (χ4n) is 3.87. The first-order valence-corrected chi connectivity index (χ1v) is 10.7. The molecule has 0 unspecified atom stereocenters. The molecule has 0 atom stereocenters. The van der Waals surface area contributed by atoms with Gasteiger partial charge < -0.3 is 14.2 Å². The Hall–Kier alpha value is -3.54. The third-order valence-corrected chi connectivity index (χ3v) is 5.98. The molecule has 3 aromatic rings. The summed E-state index contributed by atoms with van der Waals surface area (Å²) in [6.45, 7) is -0.488. The first-order chi connectivity index (χ1) is 16.1. The molecule has 0 fully saturated rings. The van der Waals surface area contributed by atoms with Crippen molar-refractivity contribution in [2.45, 2.75) is 19.3 Å². The fraction of sp³-hybridized carbons (Fsp3) is 0.182. The quantitative estimate of drug-likeness (QED) is 0.355. The van der Waals surface area contributed by atoms with Gasteiger partial charge in [0, 0.05) is 23.1 Å². The molecule has 3 heterocycles. The Morgan fingerprint density at radius 2 is 1.88 bits per heavy atom. The highest BCUT2D eigenvalue weighted by Crippen LogP contribution is 2.34. The molecule has 0 radical (unpaired) electrons. The molecule has 7 nitrogen and oxygen atoms in total. The van der Waals surface area contributed by atoms with E-state index in [4.69, 9.17) is 4.74 Å². The molecule has 1 amide bonds. The molecule has 0 bridgehead atoms. The minimum atomic E-state index is -4.66. The van der Waals surface area contributed by atoms with Gasteiger partial charge in [-0.05, 0) is 42.0 Å². The van der Waals surface area contributed by atoms with Crippen molar-refractivity contribution >= 4 is 39.6 Å². The van der Waals surface area contributed by atoms with Crippen LogP contribution in [0, 0.1) is 5.82 Å². The number of esters is 1. The number of cyclic esters (lactones) is 1. The van der Waals surface area contributed by atoms with E-state index in [0.29, 0.717) is 16.7 Å². The lowest BCUT2D eigenvalue weighted by Gasteiger charge is -2.28. The number of amides is 1. The normalized spacial score (nSPS) is 16.4. The second-order valence-electron chi connectivity index (χ2n) is 7.64. The molecular formula is C22H13BrF4N4O3. The van der Waals surface area contributed by atoms with E-state index >= 15 is 0 Å². The van der Waals surface area contributed by atoms with E-state index in [1.165, 1.54) is 23.1 Å². The van der Waals surface area contributed by atoms with Crippen LogP contribution in [0.15, 0.2) is 40.9 Å². The van der Waals surface area contributed by atoms with Crippen LogP contribution in [0.4, 0.5) is 17.6 Å². The number of hydrogen-bond donors (Lipinski definition) is 0. The monoisotopic (exact) mass is 536 g/mol. The summed E-state index contributed by atoms with van der Waals surface area (Å²) >= 11 is 3.34. The maximum absolute atomic E-state index is 14.6. The molecule has 12 heteroatoms. The predicted octanol–water partition coefficient (Wildman–Crippen LogP) is 4.52. The van der Waals surface area contributed by atoms with Crippen molar-refractivity contribution in [1.29, 1.82) is 0 Å². The SMILES string of the molecule is O=C1O/C(=C\c2ccc(F)c(C(=O)N3CCn4c(nnc4C(F)(F)F)C3)c2)c2cc(Br)ccc21. The zero-order valence-corrected chi connectivity index (χ0v) is 18.7. The summed E-state index contributed by atoms with van der Waals surface area (Å²) in [5.74, 6) is -2.94. The van der Waals surface area contributed by atoms with Crippen LogP contribution in [-0.2, 0) is 24.0 Å². The van der Waals surface area contributed by atoms with Crippen LogP contribution in [0.1, 0.15) is 43.5 Å². The second-order valence-corrected chi connectivity index (χ2v) is 8.56. The molecular weight excluding hydrogens is 524 g/mol.